The summed E-state index contributed by atoms with van der Waals surface area (Å²) < 4.78 is 9.55. The Morgan fingerprint density at radius 2 is 1.61 bits per heavy atom. The standard InChI is InChI=1S/C17H14N2O4/c1-22-17(21)14-8-4-12(5-9-14)11-2-6-13(7-3-11)16-18-15(10-20)23-19-16/h2-9,20H,10H2,1H3. The minimum atomic E-state index is -0.358. The molecule has 1 heterocycles. The number of methoxy groups -OCH3 is 1. The molecule has 0 fully saturated rings. The van der Waals surface area contributed by atoms with Crippen molar-refractivity contribution in [2.24, 2.45) is 0 Å². The Bertz CT molecular complexity index is 807. The molecule has 0 radical (unpaired) electrons. The third-order valence-electron chi connectivity index (χ3n) is 3.39. The summed E-state index contributed by atoms with van der Waals surface area (Å²) in [5.41, 5.74) is 3.28. The number of aliphatic hydroxyl groups excluding tert-OH is 1. The number of carbonyl (C=O) groups is 1. The second kappa shape index (κ2) is 6.41. The van der Waals surface area contributed by atoms with Crippen LogP contribution in [-0.4, -0.2) is 28.3 Å². The van der Waals surface area contributed by atoms with Gasteiger partial charge >= 0.3 is 5.97 Å². The van der Waals surface area contributed by atoms with Crippen LogP contribution in [0.3, 0.4) is 0 Å². The van der Waals surface area contributed by atoms with E-state index in [4.69, 9.17) is 9.63 Å². The van der Waals surface area contributed by atoms with E-state index in [0.717, 1.165) is 16.7 Å². The molecule has 0 saturated heterocycles. The van der Waals surface area contributed by atoms with Crippen LogP contribution in [0.2, 0.25) is 0 Å². The number of aliphatic hydroxyl groups is 1. The van der Waals surface area contributed by atoms with Gasteiger partial charge in [-0.3, -0.25) is 0 Å². The second-order valence-electron chi connectivity index (χ2n) is 4.82. The van der Waals surface area contributed by atoms with Crippen LogP contribution in [0.5, 0.6) is 0 Å². The van der Waals surface area contributed by atoms with Crippen molar-refractivity contribution in [1.82, 2.24) is 10.1 Å². The van der Waals surface area contributed by atoms with Crippen molar-refractivity contribution < 1.29 is 19.2 Å². The number of ether oxygens (including phenoxy) is 1. The van der Waals surface area contributed by atoms with E-state index < -0.39 is 0 Å². The fraction of sp³-hybridized carbons (Fsp3) is 0.118. The molecular formula is C17H14N2O4. The highest BCUT2D eigenvalue weighted by Gasteiger charge is 2.09. The number of aromatic nitrogens is 2. The van der Waals surface area contributed by atoms with Crippen LogP contribution in [0.4, 0.5) is 0 Å². The molecule has 116 valence electrons. The number of nitrogens with zero attached hydrogens (tertiary/aromatic N) is 2. The van der Waals surface area contributed by atoms with Crippen molar-refractivity contribution in [3.63, 3.8) is 0 Å². The van der Waals surface area contributed by atoms with Gasteiger partial charge in [0.15, 0.2) is 0 Å². The van der Waals surface area contributed by atoms with Gasteiger partial charge in [-0.05, 0) is 23.3 Å². The molecule has 0 bridgehead atoms. The molecule has 0 unspecified atom stereocenters. The van der Waals surface area contributed by atoms with Crippen molar-refractivity contribution in [2.45, 2.75) is 6.61 Å². The molecule has 0 aliphatic carbocycles. The zero-order valence-corrected chi connectivity index (χ0v) is 12.4. The Morgan fingerprint density at radius 3 is 2.13 bits per heavy atom. The fourth-order valence-corrected chi connectivity index (χ4v) is 2.16. The molecule has 2 aromatic carbocycles. The van der Waals surface area contributed by atoms with E-state index in [-0.39, 0.29) is 18.5 Å². The van der Waals surface area contributed by atoms with Crippen LogP contribution in [0.1, 0.15) is 16.2 Å². The smallest absolute Gasteiger partial charge is 0.337 e. The minimum absolute atomic E-state index is 0.183. The van der Waals surface area contributed by atoms with Crippen LogP contribution >= 0.6 is 0 Å². The summed E-state index contributed by atoms with van der Waals surface area (Å²) >= 11 is 0. The molecule has 0 saturated carbocycles. The lowest BCUT2D eigenvalue weighted by Gasteiger charge is -2.04. The quantitative estimate of drug-likeness (QED) is 0.746. The van der Waals surface area contributed by atoms with Gasteiger partial charge < -0.3 is 14.4 Å². The van der Waals surface area contributed by atoms with Gasteiger partial charge in [0.2, 0.25) is 5.82 Å². The maximum absolute atomic E-state index is 11.4. The number of esters is 1. The number of benzene rings is 2. The molecule has 3 aromatic rings. The van der Waals surface area contributed by atoms with E-state index in [1.807, 2.05) is 36.4 Å². The van der Waals surface area contributed by atoms with E-state index in [1.54, 1.807) is 12.1 Å². The highest BCUT2D eigenvalue weighted by Crippen LogP contribution is 2.24. The van der Waals surface area contributed by atoms with Crippen LogP contribution in [-0.2, 0) is 11.3 Å². The van der Waals surface area contributed by atoms with Crippen molar-refractivity contribution in [1.29, 1.82) is 0 Å². The summed E-state index contributed by atoms with van der Waals surface area (Å²) in [7, 11) is 1.36. The van der Waals surface area contributed by atoms with Gasteiger partial charge in [-0.2, -0.15) is 4.98 Å². The first kappa shape index (κ1) is 14.9. The molecule has 1 N–H and O–H groups in total. The Hall–Kier alpha value is -2.99. The number of rotatable bonds is 4. The molecule has 0 aliphatic rings. The van der Waals surface area contributed by atoms with Gasteiger partial charge in [-0.15, -0.1) is 0 Å². The van der Waals surface area contributed by atoms with Crippen molar-refractivity contribution in [3.8, 4) is 22.5 Å². The largest absolute Gasteiger partial charge is 0.465 e. The first-order chi connectivity index (χ1) is 11.2. The summed E-state index contributed by atoms with van der Waals surface area (Å²) in [6.45, 7) is -0.280. The number of hydrogen-bond donors (Lipinski definition) is 1. The molecule has 23 heavy (non-hydrogen) atoms. The molecule has 3 rings (SSSR count). The Labute approximate surface area is 132 Å². The lowest BCUT2D eigenvalue weighted by Crippen LogP contribution is -2.00. The lowest BCUT2D eigenvalue weighted by molar-refractivity contribution is 0.0601. The normalized spacial score (nSPS) is 10.5. The maximum Gasteiger partial charge on any atom is 0.337 e. The Kier molecular flexibility index (Phi) is 4.16. The molecule has 0 atom stereocenters. The first-order valence-corrected chi connectivity index (χ1v) is 6.94. The van der Waals surface area contributed by atoms with Crippen molar-refractivity contribution in [3.05, 3.63) is 60.0 Å². The average Bonchev–Trinajstić information content (AvgIpc) is 3.10. The third kappa shape index (κ3) is 3.12. The summed E-state index contributed by atoms with van der Waals surface area (Å²) in [6, 6.07) is 14.8. The lowest BCUT2D eigenvalue weighted by atomic mass is 10.0. The van der Waals surface area contributed by atoms with Gasteiger partial charge in [-0.1, -0.05) is 41.6 Å². The number of carbonyl (C=O) groups excluding carboxylic acids is 1. The van der Waals surface area contributed by atoms with Gasteiger partial charge in [0.25, 0.3) is 5.89 Å². The molecule has 0 aliphatic heterocycles. The minimum Gasteiger partial charge on any atom is -0.465 e. The van der Waals surface area contributed by atoms with Gasteiger partial charge in [0.1, 0.15) is 6.61 Å². The van der Waals surface area contributed by atoms with Crippen LogP contribution in [0, 0.1) is 0 Å². The molecular weight excluding hydrogens is 296 g/mol. The van der Waals surface area contributed by atoms with E-state index in [2.05, 4.69) is 14.9 Å². The topological polar surface area (TPSA) is 85.5 Å². The van der Waals surface area contributed by atoms with Crippen LogP contribution in [0.15, 0.2) is 53.1 Å². The number of hydrogen-bond acceptors (Lipinski definition) is 6. The van der Waals surface area contributed by atoms with E-state index in [1.165, 1.54) is 7.11 Å². The van der Waals surface area contributed by atoms with Crippen molar-refractivity contribution in [2.75, 3.05) is 7.11 Å². The monoisotopic (exact) mass is 310 g/mol. The zero-order chi connectivity index (χ0) is 16.2. The molecule has 0 spiro atoms. The van der Waals surface area contributed by atoms with Crippen LogP contribution < -0.4 is 0 Å². The van der Waals surface area contributed by atoms with Crippen LogP contribution in [0.25, 0.3) is 22.5 Å². The third-order valence-corrected chi connectivity index (χ3v) is 3.39. The highest BCUT2D eigenvalue weighted by atomic mass is 16.5. The van der Waals surface area contributed by atoms with Gasteiger partial charge in [0.05, 0.1) is 12.7 Å². The van der Waals surface area contributed by atoms with E-state index >= 15 is 0 Å². The second-order valence-corrected chi connectivity index (χ2v) is 4.82. The molecule has 6 nitrogen and oxygen atoms in total. The first-order valence-electron chi connectivity index (χ1n) is 6.94. The maximum atomic E-state index is 11.4. The Balaban J connectivity index is 1.83. The summed E-state index contributed by atoms with van der Waals surface area (Å²) in [5.74, 6) is 0.257. The van der Waals surface area contributed by atoms with Crippen molar-refractivity contribution >= 4 is 5.97 Å². The van der Waals surface area contributed by atoms with E-state index in [9.17, 15) is 4.79 Å². The molecule has 1 aromatic heterocycles. The summed E-state index contributed by atoms with van der Waals surface area (Å²) in [6.07, 6.45) is 0. The molecule has 0 amide bonds. The predicted octanol–water partition coefficient (Wildman–Crippen LogP) is 2.68. The summed E-state index contributed by atoms with van der Waals surface area (Å²) in [4.78, 5) is 15.5. The SMILES string of the molecule is COC(=O)c1ccc(-c2ccc(-c3noc(CO)n3)cc2)cc1. The highest BCUT2D eigenvalue weighted by molar-refractivity contribution is 5.90. The predicted molar refractivity (Wildman–Crippen MR) is 82.4 cm³/mol. The average molecular weight is 310 g/mol. The zero-order valence-electron chi connectivity index (χ0n) is 12.4. The summed E-state index contributed by atoms with van der Waals surface area (Å²) in [5, 5.41) is 12.7. The Morgan fingerprint density at radius 1 is 1.04 bits per heavy atom. The van der Waals surface area contributed by atoms with Gasteiger partial charge in [-0.25, -0.2) is 4.79 Å². The van der Waals surface area contributed by atoms with Gasteiger partial charge in [0, 0.05) is 5.56 Å². The van der Waals surface area contributed by atoms with E-state index in [0.29, 0.717) is 11.4 Å². The fourth-order valence-electron chi connectivity index (χ4n) is 2.16. The molecule has 6 heteroatoms.